The normalized spacial score (nSPS) is 13.4. The van der Waals surface area contributed by atoms with Crippen molar-refractivity contribution in [1.82, 2.24) is 0 Å². The first-order chi connectivity index (χ1) is 9.16. The van der Waals surface area contributed by atoms with Gasteiger partial charge in [0.05, 0.1) is 11.5 Å². The largest absolute Gasteiger partial charge is 0.416 e. The lowest BCUT2D eigenvalue weighted by molar-refractivity contribution is -0.137. The molecule has 0 saturated carbocycles. The smallest absolute Gasteiger partial charge is 0.330 e. The van der Waals surface area contributed by atoms with E-state index in [1.807, 2.05) is 13.8 Å². The van der Waals surface area contributed by atoms with Gasteiger partial charge in [0.15, 0.2) is 0 Å². The van der Waals surface area contributed by atoms with E-state index < -0.39 is 17.7 Å². The second-order valence-corrected chi connectivity index (χ2v) is 5.10. The first kappa shape index (κ1) is 16.5. The van der Waals surface area contributed by atoms with E-state index >= 15 is 0 Å². The number of anilines is 1. The molecule has 0 bridgehead atoms. The highest BCUT2D eigenvalue weighted by Crippen LogP contribution is 2.32. The number of halogens is 3. The first-order valence-electron chi connectivity index (χ1n) is 6.35. The van der Waals surface area contributed by atoms with Gasteiger partial charge in [-0.05, 0) is 30.5 Å². The highest BCUT2D eigenvalue weighted by molar-refractivity contribution is 5.93. The standard InChI is InChI=1S/C14H19F3N2O/c1-8(2)11(7-18)13(20)19-12-6-10(14(15,16)17)5-4-9(12)3/h4-6,8,11H,7,18H2,1-3H3,(H,19,20). The predicted octanol–water partition coefficient (Wildman–Crippen LogP) is 3.18. The number of carbonyl (C=O) groups is 1. The quantitative estimate of drug-likeness (QED) is 0.894. The van der Waals surface area contributed by atoms with Crippen LogP contribution in [0.3, 0.4) is 0 Å². The lowest BCUT2D eigenvalue weighted by Crippen LogP contribution is -2.33. The molecule has 0 fully saturated rings. The van der Waals surface area contributed by atoms with Crippen molar-refractivity contribution in [3.8, 4) is 0 Å². The summed E-state index contributed by atoms with van der Waals surface area (Å²) in [4.78, 5) is 12.0. The van der Waals surface area contributed by atoms with Gasteiger partial charge >= 0.3 is 6.18 Å². The molecule has 0 aliphatic carbocycles. The zero-order chi connectivity index (χ0) is 15.5. The van der Waals surface area contributed by atoms with Crippen molar-refractivity contribution in [2.75, 3.05) is 11.9 Å². The molecule has 0 radical (unpaired) electrons. The van der Waals surface area contributed by atoms with Crippen molar-refractivity contribution >= 4 is 11.6 Å². The van der Waals surface area contributed by atoms with Gasteiger partial charge in [-0.2, -0.15) is 13.2 Å². The number of benzene rings is 1. The summed E-state index contributed by atoms with van der Waals surface area (Å²) >= 11 is 0. The zero-order valence-corrected chi connectivity index (χ0v) is 11.7. The maximum absolute atomic E-state index is 12.7. The fourth-order valence-corrected chi connectivity index (χ4v) is 1.84. The van der Waals surface area contributed by atoms with Crippen LogP contribution in [0.15, 0.2) is 18.2 Å². The molecule has 112 valence electrons. The highest BCUT2D eigenvalue weighted by atomic mass is 19.4. The van der Waals surface area contributed by atoms with Gasteiger partial charge in [0.25, 0.3) is 0 Å². The summed E-state index contributed by atoms with van der Waals surface area (Å²) in [6.07, 6.45) is -4.43. The van der Waals surface area contributed by atoms with Gasteiger partial charge in [-0.1, -0.05) is 19.9 Å². The first-order valence-corrected chi connectivity index (χ1v) is 6.35. The zero-order valence-electron chi connectivity index (χ0n) is 11.7. The summed E-state index contributed by atoms with van der Waals surface area (Å²) in [7, 11) is 0. The van der Waals surface area contributed by atoms with Crippen LogP contribution in [0.5, 0.6) is 0 Å². The van der Waals surface area contributed by atoms with Crippen molar-refractivity contribution in [2.24, 2.45) is 17.6 Å². The van der Waals surface area contributed by atoms with Gasteiger partial charge in [-0.25, -0.2) is 0 Å². The predicted molar refractivity (Wildman–Crippen MR) is 72.2 cm³/mol. The monoisotopic (exact) mass is 288 g/mol. The van der Waals surface area contributed by atoms with Crippen molar-refractivity contribution in [1.29, 1.82) is 0 Å². The highest BCUT2D eigenvalue weighted by Gasteiger charge is 2.31. The third kappa shape index (κ3) is 3.96. The van der Waals surface area contributed by atoms with Crippen molar-refractivity contribution < 1.29 is 18.0 Å². The molecule has 6 heteroatoms. The summed E-state index contributed by atoms with van der Waals surface area (Å²) in [5, 5.41) is 2.54. The van der Waals surface area contributed by atoms with Gasteiger partial charge in [0.2, 0.25) is 5.91 Å². The second kappa shape index (κ2) is 6.26. The molecular formula is C14H19F3N2O. The summed E-state index contributed by atoms with van der Waals surface area (Å²) in [6.45, 7) is 5.48. The van der Waals surface area contributed by atoms with Crippen molar-refractivity contribution in [3.05, 3.63) is 29.3 Å². The summed E-state index contributed by atoms with van der Waals surface area (Å²) in [5.74, 6) is -0.764. The van der Waals surface area contributed by atoms with Crippen LogP contribution in [0.2, 0.25) is 0 Å². The van der Waals surface area contributed by atoms with E-state index in [2.05, 4.69) is 5.32 Å². The molecule has 0 aliphatic rings. The molecule has 1 amide bonds. The number of nitrogens with two attached hydrogens (primary N) is 1. The van der Waals surface area contributed by atoms with E-state index in [1.165, 1.54) is 6.07 Å². The van der Waals surface area contributed by atoms with Crippen molar-refractivity contribution in [3.63, 3.8) is 0 Å². The van der Waals surface area contributed by atoms with Crippen LogP contribution >= 0.6 is 0 Å². The Balaban J connectivity index is 3.00. The lowest BCUT2D eigenvalue weighted by Gasteiger charge is -2.19. The van der Waals surface area contributed by atoms with Crippen LogP contribution < -0.4 is 11.1 Å². The van der Waals surface area contributed by atoms with Crippen molar-refractivity contribution in [2.45, 2.75) is 26.9 Å². The van der Waals surface area contributed by atoms with Crippen LogP contribution in [-0.2, 0) is 11.0 Å². The second-order valence-electron chi connectivity index (χ2n) is 5.10. The molecule has 0 spiro atoms. The van der Waals surface area contributed by atoms with E-state index in [1.54, 1.807) is 6.92 Å². The topological polar surface area (TPSA) is 55.1 Å². The molecule has 3 nitrogen and oxygen atoms in total. The Morgan fingerprint density at radius 2 is 1.95 bits per heavy atom. The third-order valence-corrected chi connectivity index (χ3v) is 3.22. The number of aryl methyl sites for hydroxylation is 1. The summed E-state index contributed by atoms with van der Waals surface area (Å²) < 4.78 is 38.0. The summed E-state index contributed by atoms with van der Waals surface area (Å²) in [6, 6.07) is 3.28. The van der Waals surface area contributed by atoms with Crippen LogP contribution in [0.25, 0.3) is 0 Å². The van der Waals surface area contributed by atoms with Crippen LogP contribution in [-0.4, -0.2) is 12.5 Å². The number of carbonyl (C=O) groups excluding carboxylic acids is 1. The van der Waals surface area contributed by atoms with Gasteiger partial charge in [0.1, 0.15) is 0 Å². The molecule has 20 heavy (non-hydrogen) atoms. The van der Waals surface area contributed by atoms with Gasteiger partial charge in [-0.15, -0.1) is 0 Å². The molecule has 1 atom stereocenters. The Morgan fingerprint density at radius 3 is 2.40 bits per heavy atom. The maximum Gasteiger partial charge on any atom is 0.416 e. The van der Waals surface area contributed by atoms with Gasteiger partial charge in [-0.3, -0.25) is 4.79 Å². The Labute approximate surface area is 116 Å². The Kier molecular flexibility index (Phi) is 5.16. The molecule has 1 aromatic carbocycles. The molecule has 3 N–H and O–H groups in total. The number of amides is 1. The molecule has 0 aliphatic heterocycles. The number of rotatable bonds is 4. The lowest BCUT2D eigenvalue weighted by atomic mass is 9.95. The van der Waals surface area contributed by atoms with E-state index in [4.69, 9.17) is 5.73 Å². The van der Waals surface area contributed by atoms with Gasteiger partial charge in [0, 0.05) is 12.2 Å². The molecule has 1 unspecified atom stereocenters. The third-order valence-electron chi connectivity index (χ3n) is 3.22. The van der Waals surface area contributed by atoms with Crippen LogP contribution in [0.4, 0.5) is 18.9 Å². The molecule has 1 rings (SSSR count). The number of nitrogens with one attached hydrogen (secondary N) is 1. The van der Waals surface area contributed by atoms with Crippen LogP contribution in [0, 0.1) is 18.8 Å². The molecular weight excluding hydrogens is 269 g/mol. The fraction of sp³-hybridized carbons (Fsp3) is 0.500. The maximum atomic E-state index is 12.7. The fourth-order valence-electron chi connectivity index (χ4n) is 1.84. The van der Waals surface area contributed by atoms with E-state index in [0.717, 1.165) is 12.1 Å². The number of hydrogen-bond acceptors (Lipinski definition) is 2. The Hall–Kier alpha value is -1.56. The molecule has 0 saturated heterocycles. The van der Waals surface area contributed by atoms with Crippen LogP contribution in [0.1, 0.15) is 25.0 Å². The Morgan fingerprint density at radius 1 is 1.35 bits per heavy atom. The number of hydrogen-bond donors (Lipinski definition) is 2. The average Bonchev–Trinajstić information content (AvgIpc) is 2.30. The minimum absolute atomic E-state index is 0.0195. The van der Waals surface area contributed by atoms with E-state index in [0.29, 0.717) is 5.56 Å². The molecule has 0 heterocycles. The van der Waals surface area contributed by atoms with Gasteiger partial charge < -0.3 is 11.1 Å². The summed E-state index contributed by atoms with van der Waals surface area (Å²) in [5.41, 5.74) is 5.48. The number of alkyl halides is 3. The van der Waals surface area contributed by atoms with E-state index in [-0.39, 0.29) is 24.1 Å². The molecule has 0 aromatic heterocycles. The van der Waals surface area contributed by atoms with E-state index in [9.17, 15) is 18.0 Å². The SMILES string of the molecule is Cc1ccc(C(F)(F)F)cc1NC(=O)C(CN)C(C)C. The molecule has 1 aromatic rings. The Bertz CT molecular complexity index is 484. The average molecular weight is 288 g/mol. The minimum Gasteiger partial charge on any atom is -0.330 e. The minimum atomic E-state index is -4.43.